The Hall–Kier alpha value is -3.22. The van der Waals surface area contributed by atoms with Gasteiger partial charge in [-0.3, -0.25) is 14.2 Å². The molecule has 1 aromatic carbocycles. The molecule has 2 aromatic heterocycles. The topological polar surface area (TPSA) is 103 Å². The Balaban J connectivity index is 1.92. The van der Waals surface area contributed by atoms with Crippen molar-refractivity contribution in [2.24, 2.45) is 11.1 Å². The molecule has 28 heavy (non-hydrogen) atoms. The minimum absolute atomic E-state index is 0.0634. The van der Waals surface area contributed by atoms with Crippen molar-refractivity contribution in [1.82, 2.24) is 14.5 Å². The fourth-order valence-corrected chi connectivity index (χ4v) is 2.98. The van der Waals surface area contributed by atoms with Crippen LogP contribution in [0.5, 0.6) is 0 Å². The van der Waals surface area contributed by atoms with Crippen molar-refractivity contribution in [3.63, 3.8) is 0 Å². The van der Waals surface area contributed by atoms with Gasteiger partial charge in [0.25, 0.3) is 5.56 Å². The maximum absolute atomic E-state index is 12.4. The van der Waals surface area contributed by atoms with E-state index in [4.69, 9.17) is 5.73 Å². The molecule has 2 heterocycles. The number of aromatic nitrogens is 3. The second-order valence-corrected chi connectivity index (χ2v) is 8.14. The van der Waals surface area contributed by atoms with E-state index in [9.17, 15) is 9.59 Å². The van der Waals surface area contributed by atoms with E-state index in [2.05, 4.69) is 36.1 Å². The molecule has 0 aliphatic heterocycles. The van der Waals surface area contributed by atoms with Crippen LogP contribution in [0.1, 0.15) is 49.7 Å². The van der Waals surface area contributed by atoms with Gasteiger partial charge < -0.3 is 11.1 Å². The Bertz CT molecular complexity index is 1060. The van der Waals surface area contributed by atoms with Crippen LogP contribution >= 0.6 is 0 Å². The molecule has 0 saturated heterocycles. The van der Waals surface area contributed by atoms with E-state index in [1.165, 1.54) is 0 Å². The van der Waals surface area contributed by atoms with Gasteiger partial charge in [0, 0.05) is 29.8 Å². The number of rotatable bonds is 5. The molecule has 1 amide bonds. The highest BCUT2D eigenvalue weighted by Gasteiger charge is 2.16. The molecular formula is C21H25N5O2. The molecular weight excluding hydrogens is 354 g/mol. The number of pyridine rings is 1. The molecule has 146 valence electrons. The highest BCUT2D eigenvalue weighted by molar-refractivity contribution is 5.92. The van der Waals surface area contributed by atoms with E-state index in [0.717, 1.165) is 10.9 Å². The van der Waals surface area contributed by atoms with Crippen LogP contribution in [0.2, 0.25) is 0 Å². The summed E-state index contributed by atoms with van der Waals surface area (Å²) in [5.74, 6) is -0.0194. The summed E-state index contributed by atoms with van der Waals surface area (Å²) in [6, 6.07) is 10.3. The van der Waals surface area contributed by atoms with Crippen molar-refractivity contribution in [2.45, 2.75) is 40.3 Å². The fourth-order valence-electron chi connectivity index (χ4n) is 2.98. The molecule has 0 aliphatic rings. The Morgan fingerprint density at radius 2 is 1.86 bits per heavy atom. The Morgan fingerprint density at radius 3 is 2.46 bits per heavy atom. The van der Waals surface area contributed by atoms with E-state index >= 15 is 0 Å². The third-order valence-corrected chi connectivity index (χ3v) is 4.40. The average Bonchev–Trinajstić information content (AvgIpc) is 2.63. The number of benzene rings is 1. The van der Waals surface area contributed by atoms with Gasteiger partial charge in [-0.1, -0.05) is 32.9 Å². The van der Waals surface area contributed by atoms with Crippen LogP contribution in [0.25, 0.3) is 11.0 Å². The summed E-state index contributed by atoms with van der Waals surface area (Å²) in [4.78, 5) is 32.6. The zero-order valence-electron chi connectivity index (χ0n) is 16.6. The predicted molar refractivity (Wildman–Crippen MR) is 110 cm³/mol. The molecule has 3 N–H and O–H groups in total. The first-order chi connectivity index (χ1) is 13.1. The van der Waals surface area contributed by atoms with Gasteiger partial charge in [0.05, 0.1) is 6.04 Å². The van der Waals surface area contributed by atoms with E-state index in [0.29, 0.717) is 23.7 Å². The number of anilines is 1. The lowest BCUT2D eigenvalue weighted by Crippen LogP contribution is -2.27. The lowest BCUT2D eigenvalue weighted by Gasteiger charge is -2.21. The molecule has 0 bridgehead atoms. The van der Waals surface area contributed by atoms with Crippen LogP contribution in [-0.4, -0.2) is 20.4 Å². The van der Waals surface area contributed by atoms with Crippen molar-refractivity contribution >= 4 is 22.9 Å². The quantitative estimate of drug-likeness (QED) is 0.709. The Kier molecular flexibility index (Phi) is 5.18. The summed E-state index contributed by atoms with van der Waals surface area (Å²) in [7, 11) is 0. The standard InChI is InChI=1S/C21H25N5O2/c1-13(14-5-7-15(8-6-14)18(22)28)24-20-23-11-16-9-10-17(27)26(19(16)25-20)12-21(2,3)4/h5-11,13H,12H2,1-4H3,(H2,22,28)(H,23,24,25)/t13-/m0/s1. The average molecular weight is 379 g/mol. The largest absolute Gasteiger partial charge is 0.366 e. The van der Waals surface area contributed by atoms with Crippen molar-refractivity contribution in [3.8, 4) is 0 Å². The third kappa shape index (κ3) is 4.36. The van der Waals surface area contributed by atoms with E-state index in [1.54, 1.807) is 35.0 Å². The number of primary amides is 1. The van der Waals surface area contributed by atoms with Crippen LogP contribution in [0, 0.1) is 5.41 Å². The lowest BCUT2D eigenvalue weighted by molar-refractivity contribution is 0.100. The summed E-state index contributed by atoms with van der Waals surface area (Å²) in [5.41, 5.74) is 7.18. The number of hydrogen-bond acceptors (Lipinski definition) is 5. The first kappa shape index (κ1) is 19.5. The van der Waals surface area contributed by atoms with Crippen molar-refractivity contribution in [3.05, 3.63) is 64.1 Å². The van der Waals surface area contributed by atoms with Gasteiger partial charge in [0.15, 0.2) is 0 Å². The highest BCUT2D eigenvalue weighted by Crippen LogP contribution is 2.21. The summed E-state index contributed by atoms with van der Waals surface area (Å²) >= 11 is 0. The van der Waals surface area contributed by atoms with Crippen LogP contribution in [0.15, 0.2) is 47.4 Å². The number of nitrogens with zero attached hydrogens (tertiary/aromatic N) is 3. The zero-order chi connectivity index (χ0) is 20.5. The fraction of sp³-hybridized carbons (Fsp3) is 0.333. The number of nitrogens with two attached hydrogens (primary N) is 1. The molecule has 0 fully saturated rings. The van der Waals surface area contributed by atoms with Gasteiger partial charge in [-0.05, 0) is 36.1 Å². The van der Waals surface area contributed by atoms with E-state index < -0.39 is 5.91 Å². The number of hydrogen-bond donors (Lipinski definition) is 2. The number of carbonyl (C=O) groups excluding carboxylic acids is 1. The number of nitrogens with one attached hydrogen (secondary N) is 1. The Morgan fingerprint density at radius 1 is 1.18 bits per heavy atom. The SMILES string of the molecule is C[C@H](Nc1ncc2ccc(=O)n(CC(C)(C)C)c2n1)c1ccc(C(N)=O)cc1. The van der Waals surface area contributed by atoms with Crippen molar-refractivity contribution < 1.29 is 4.79 Å². The normalized spacial score (nSPS) is 12.7. The van der Waals surface area contributed by atoms with Gasteiger partial charge in [0.2, 0.25) is 11.9 Å². The van der Waals surface area contributed by atoms with Crippen molar-refractivity contribution in [1.29, 1.82) is 0 Å². The lowest BCUT2D eigenvalue weighted by atomic mass is 9.97. The summed E-state index contributed by atoms with van der Waals surface area (Å²) in [5, 5.41) is 4.07. The first-order valence-electron chi connectivity index (χ1n) is 9.17. The molecule has 3 rings (SSSR count). The van der Waals surface area contributed by atoms with E-state index in [-0.39, 0.29) is 17.0 Å². The molecule has 0 aliphatic carbocycles. The second-order valence-electron chi connectivity index (χ2n) is 8.14. The van der Waals surface area contributed by atoms with E-state index in [1.807, 2.05) is 19.1 Å². The first-order valence-corrected chi connectivity index (χ1v) is 9.17. The van der Waals surface area contributed by atoms with Crippen LogP contribution < -0.4 is 16.6 Å². The maximum atomic E-state index is 12.4. The number of fused-ring (bicyclic) bond motifs is 1. The zero-order valence-corrected chi connectivity index (χ0v) is 16.6. The molecule has 0 unspecified atom stereocenters. The monoisotopic (exact) mass is 379 g/mol. The maximum Gasteiger partial charge on any atom is 0.252 e. The second kappa shape index (κ2) is 7.42. The summed E-state index contributed by atoms with van der Waals surface area (Å²) in [6.07, 6.45) is 1.71. The minimum Gasteiger partial charge on any atom is -0.366 e. The number of carbonyl (C=O) groups is 1. The highest BCUT2D eigenvalue weighted by atomic mass is 16.1. The number of amides is 1. The van der Waals surface area contributed by atoms with Crippen LogP contribution in [-0.2, 0) is 6.54 Å². The molecule has 1 atom stereocenters. The van der Waals surface area contributed by atoms with Crippen molar-refractivity contribution in [2.75, 3.05) is 5.32 Å². The molecule has 0 spiro atoms. The molecule has 0 radical (unpaired) electrons. The molecule has 0 saturated carbocycles. The molecule has 7 heteroatoms. The third-order valence-electron chi connectivity index (χ3n) is 4.40. The van der Waals surface area contributed by atoms with Gasteiger partial charge in [0.1, 0.15) is 5.65 Å². The predicted octanol–water partition coefficient (Wildman–Crippen LogP) is 3.11. The van der Waals surface area contributed by atoms with Crippen LogP contribution in [0.4, 0.5) is 5.95 Å². The summed E-state index contributed by atoms with van der Waals surface area (Å²) < 4.78 is 1.69. The summed E-state index contributed by atoms with van der Waals surface area (Å²) in [6.45, 7) is 8.77. The smallest absolute Gasteiger partial charge is 0.252 e. The molecule has 7 nitrogen and oxygen atoms in total. The molecule has 3 aromatic rings. The Labute approximate surface area is 163 Å². The van der Waals surface area contributed by atoms with Gasteiger partial charge in [-0.2, -0.15) is 4.98 Å². The van der Waals surface area contributed by atoms with Gasteiger partial charge in [-0.15, -0.1) is 0 Å². The minimum atomic E-state index is -0.457. The van der Waals surface area contributed by atoms with Crippen LogP contribution in [0.3, 0.4) is 0 Å². The van der Waals surface area contributed by atoms with Gasteiger partial charge >= 0.3 is 0 Å². The van der Waals surface area contributed by atoms with Gasteiger partial charge in [-0.25, -0.2) is 4.98 Å².